The van der Waals surface area contributed by atoms with Crippen LogP contribution in [0.25, 0.3) is 0 Å². The van der Waals surface area contributed by atoms with E-state index in [1.54, 1.807) is 24.7 Å². The first-order valence-electron chi connectivity index (χ1n) is 9.07. The summed E-state index contributed by atoms with van der Waals surface area (Å²) >= 11 is 18.8. The van der Waals surface area contributed by atoms with Crippen LogP contribution in [0.4, 0.5) is 0 Å². The van der Waals surface area contributed by atoms with Gasteiger partial charge in [0, 0.05) is 23.0 Å². The van der Waals surface area contributed by atoms with Gasteiger partial charge in [0.25, 0.3) is 0 Å². The van der Waals surface area contributed by atoms with Crippen molar-refractivity contribution < 1.29 is 14.2 Å². The highest BCUT2D eigenvalue weighted by Crippen LogP contribution is 2.40. The van der Waals surface area contributed by atoms with Gasteiger partial charge in [-0.25, -0.2) is 4.98 Å². The van der Waals surface area contributed by atoms with Crippen molar-refractivity contribution >= 4 is 34.8 Å². The van der Waals surface area contributed by atoms with Crippen LogP contribution in [0.2, 0.25) is 15.1 Å². The summed E-state index contributed by atoms with van der Waals surface area (Å²) in [5.41, 5.74) is 1.77. The number of imidazole rings is 1. The average molecular weight is 454 g/mol. The summed E-state index contributed by atoms with van der Waals surface area (Å²) in [6.07, 6.45) is 4.94. The maximum absolute atomic E-state index is 6.48. The topological polar surface area (TPSA) is 45.5 Å². The van der Waals surface area contributed by atoms with Gasteiger partial charge in [0.15, 0.2) is 0 Å². The average Bonchev–Trinajstić information content (AvgIpc) is 3.33. The molecule has 0 saturated carbocycles. The van der Waals surface area contributed by atoms with E-state index in [0.717, 1.165) is 5.56 Å². The number of aryl methyl sites for hydroxylation is 1. The van der Waals surface area contributed by atoms with Gasteiger partial charge in [-0.3, -0.25) is 0 Å². The molecule has 29 heavy (non-hydrogen) atoms. The van der Waals surface area contributed by atoms with Crippen molar-refractivity contribution in [3.05, 3.63) is 81.3 Å². The van der Waals surface area contributed by atoms with E-state index < -0.39 is 5.79 Å². The Morgan fingerprint density at radius 2 is 2.03 bits per heavy atom. The SMILES string of the molecule is Cc1ccc(Cl)c(OC[C@@H]2CO[C@@](Cn3ccnc3)(c3ccc(Cl)cc3Cl)O2)c1. The van der Waals surface area contributed by atoms with Crippen LogP contribution in [0.5, 0.6) is 5.75 Å². The fraction of sp³-hybridized carbons (Fsp3) is 0.286. The van der Waals surface area contributed by atoms with E-state index in [9.17, 15) is 0 Å². The number of ether oxygens (including phenoxy) is 3. The lowest BCUT2D eigenvalue weighted by molar-refractivity contribution is -0.189. The predicted octanol–water partition coefficient (Wildman–Crippen LogP) is 5.50. The summed E-state index contributed by atoms with van der Waals surface area (Å²) in [6.45, 7) is 3.00. The minimum Gasteiger partial charge on any atom is -0.489 e. The summed E-state index contributed by atoms with van der Waals surface area (Å²) in [4.78, 5) is 4.10. The number of rotatable bonds is 6. The van der Waals surface area contributed by atoms with E-state index in [-0.39, 0.29) is 6.10 Å². The zero-order valence-electron chi connectivity index (χ0n) is 15.6. The summed E-state index contributed by atoms with van der Waals surface area (Å²) in [7, 11) is 0. The zero-order valence-corrected chi connectivity index (χ0v) is 17.9. The molecule has 1 aromatic heterocycles. The number of benzene rings is 2. The number of nitrogens with zero attached hydrogens (tertiary/aromatic N) is 2. The van der Waals surface area contributed by atoms with Gasteiger partial charge in [-0.1, -0.05) is 46.9 Å². The van der Waals surface area contributed by atoms with Crippen molar-refractivity contribution in [2.45, 2.75) is 25.4 Å². The third-order valence-corrected chi connectivity index (χ3v) is 5.52. The lowest BCUT2D eigenvalue weighted by Gasteiger charge is -2.30. The number of hydrogen-bond acceptors (Lipinski definition) is 4. The van der Waals surface area contributed by atoms with Gasteiger partial charge in [0.05, 0.1) is 29.5 Å². The Balaban J connectivity index is 1.56. The molecule has 1 aliphatic rings. The van der Waals surface area contributed by atoms with E-state index in [4.69, 9.17) is 49.0 Å². The molecule has 5 nitrogen and oxygen atoms in total. The highest BCUT2D eigenvalue weighted by Gasteiger charge is 2.45. The highest BCUT2D eigenvalue weighted by atomic mass is 35.5. The molecule has 3 aromatic rings. The van der Waals surface area contributed by atoms with Crippen molar-refractivity contribution in [1.29, 1.82) is 0 Å². The minimum absolute atomic E-state index is 0.292. The number of aromatic nitrogens is 2. The smallest absolute Gasteiger partial charge is 0.215 e. The summed E-state index contributed by atoms with van der Waals surface area (Å²) < 4.78 is 20.3. The molecule has 8 heteroatoms. The zero-order chi connectivity index (χ0) is 20.4. The molecule has 0 aliphatic carbocycles. The molecular weight excluding hydrogens is 435 g/mol. The maximum Gasteiger partial charge on any atom is 0.215 e. The van der Waals surface area contributed by atoms with E-state index in [0.29, 0.717) is 46.1 Å². The quantitative estimate of drug-likeness (QED) is 0.494. The van der Waals surface area contributed by atoms with Crippen LogP contribution in [0.3, 0.4) is 0 Å². The Hall–Kier alpha value is -1.76. The molecule has 2 aromatic carbocycles. The van der Waals surface area contributed by atoms with Gasteiger partial charge >= 0.3 is 0 Å². The Kier molecular flexibility index (Phi) is 6.04. The second-order valence-electron chi connectivity index (χ2n) is 6.91. The van der Waals surface area contributed by atoms with Crippen molar-refractivity contribution in [3.8, 4) is 5.75 Å². The largest absolute Gasteiger partial charge is 0.489 e. The van der Waals surface area contributed by atoms with Gasteiger partial charge in [-0.05, 0) is 36.8 Å². The lowest BCUT2D eigenvalue weighted by Crippen LogP contribution is -2.34. The third kappa shape index (κ3) is 4.55. The summed E-state index contributed by atoms with van der Waals surface area (Å²) in [6, 6.07) is 10.9. The van der Waals surface area contributed by atoms with Crippen LogP contribution in [0, 0.1) is 6.92 Å². The standard InChI is InChI=1S/C21H19Cl3N2O3/c1-14-2-5-18(23)20(8-14)27-10-16-11-28-21(29-16,12-26-7-6-25-13-26)17-4-3-15(22)9-19(17)24/h2-9,13,16H,10-12H2,1H3/t16-,21-/m1/s1. The fourth-order valence-electron chi connectivity index (χ4n) is 3.28. The van der Waals surface area contributed by atoms with Gasteiger partial charge in [-0.2, -0.15) is 0 Å². The van der Waals surface area contributed by atoms with Gasteiger partial charge < -0.3 is 18.8 Å². The van der Waals surface area contributed by atoms with E-state index in [1.807, 2.05) is 42.0 Å². The number of halogens is 3. The molecule has 0 unspecified atom stereocenters. The molecule has 0 amide bonds. The second kappa shape index (κ2) is 8.54. The third-order valence-electron chi connectivity index (χ3n) is 4.66. The molecule has 152 valence electrons. The van der Waals surface area contributed by atoms with Crippen LogP contribution in [-0.4, -0.2) is 28.9 Å². The predicted molar refractivity (Wildman–Crippen MR) is 113 cm³/mol. The molecule has 1 saturated heterocycles. The van der Waals surface area contributed by atoms with Gasteiger partial charge in [-0.15, -0.1) is 0 Å². The van der Waals surface area contributed by atoms with Crippen LogP contribution in [0.1, 0.15) is 11.1 Å². The van der Waals surface area contributed by atoms with Gasteiger partial charge in [0.1, 0.15) is 18.5 Å². The minimum atomic E-state index is -1.08. The Bertz CT molecular complexity index is 997. The molecule has 2 atom stereocenters. The molecule has 0 radical (unpaired) electrons. The van der Waals surface area contributed by atoms with Crippen LogP contribution >= 0.6 is 34.8 Å². The fourth-order valence-corrected chi connectivity index (χ4v) is 4.00. The van der Waals surface area contributed by atoms with Crippen molar-refractivity contribution in [2.24, 2.45) is 0 Å². The first-order valence-corrected chi connectivity index (χ1v) is 10.2. The molecule has 2 heterocycles. The van der Waals surface area contributed by atoms with E-state index in [1.165, 1.54) is 0 Å². The van der Waals surface area contributed by atoms with Crippen molar-refractivity contribution in [2.75, 3.05) is 13.2 Å². The lowest BCUT2D eigenvalue weighted by atomic mass is 10.1. The molecule has 0 bridgehead atoms. The monoisotopic (exact) mass is 452 g/mol. The Morgan fingerprint density at radius 1 is 1.17 bits per heavy atom. The van der Waals surface area contributed by atoms with Crippen LogP contribution in [-0.2, 0) is 21.8 Å². The normalized spacial score (nSPS) is 21.4. The molecule has 4 rings (SSSR count). The Morgan fingerprint density at radius 3 is 2.79 bits per heavy atom. The molecule has 1 aliphatic heterocycles. The van der Waals surface area contributed by atoms with Crippen molar-refractivity contribution in [3.63, 3.8) is 0 Å². The van der Waals surface area contributed by atoms with Crippen LogP contribution < -0.4 is 4.74 Å². The summed E-state index contributed by atoms with van der Waals surface area (Å²) in [5, 5.41) is 1.57. The van der Waals surface area contributed by atoms with Crippen molar-refractivity contribution in [1.82, 2.24) is 9.55 Å². The first kappa shape index (κ1) is 20.5. The number of hydrogen-bond donors (Lipinski definition) is 0. The second-order valence-corrected chi connectivity index (χ2v) is 8.16. The Labute approximate surface area is 184 Å². The van der Waals surface area contributed by atoms with E-state index >= 15 is 0 Å². The molecule has 1 fully saturated rings. The van der Waals surface area contributed by atoms with Gasteiger partial charge in [0.2, 0.25) is 5.79 Å². The highest BCUT2D eigenvalue weighted by molar-refractivity contribution is 6.35. The first-order chi connectivity index (χ1) is 13.9. The molecule has 0 N–H and O–H groups in total. The van der Waals surface area contributed by atoms with Crippen LogP contribution in [0.15, 0.2) is 55.1 Å². The van der Waals surface area contributed by atoms with E-state index in [2.05, 4.69) is 4.98 Å². The summed E-state index contributed by atoms with van der Waals surface area (Å²) in [5.74, 6) is -0.459. The molecular formula is C21H19Cl3N2O3. The molecule has 0 spiro atoms. The maximum atomic E-state index is 6.48.